The molecule has 7 heteroatoms. The third-order valence-corrected chi connectivity index (χ3v) is 4.67. The van der Waals surface area contributed by atoms with Crippen LogP contribution in [0.3, 0.4) is 0 Å². The first-order valence-corrected chi connectivity index (χ1v) is 8.43. The van der Waals surface area contributed by atoms with Crippen molar-refractivity contribution in [2.24, 2.45) is 4.99 Å². The first kappa shape index (κ1) is 15.6. The number of hydrogen-bond acceptors (Lipinski definition) is 5. The Balaban J connectivity index is 1.96. The Morgan fingerprint density at radius 3 is 2.91 bits per heavy atom. The highest BCUT2D eigenvalue weighted by molar-refractivity contribution is 8.18. The Morgan fingerprint density at radius 1 is 1.39 bits per heavy atom. The predicted molar refractivity (Wildman–Crippen MR) is 93.1 cm³/mol. The maximum Gasteiger partial charge on any atom is 0.267 e. The molecule has 1 saturated heterocycles. The number of thiazole rings is 1. The number of aromatic nitrogens is 1. The molecule has 0 aliphatic carbocycles. The Bertz CT molecular complexity index is 799. The standard InChI is InChI=1S/C16H12FN3OS2/c1-2-8-20-14(21)13(10-11-5-3-4-6-12(11)17)23-16(20)19-15-18-7-9-22-15/h2-7,9-10H,1,8H2/b13-10-,19-16+. The third kappa shape index (κ3) is 3.40. The molecule has 1 amide bonds. The largest absolute Gasteiger partial charge is 0.282 e. The summed E-state index contributed by atoms with van der Waals surface area (Å²) in [5.74, 6) is -0.581. The van der Waals surface area contributed by atoms with Gasteiger partial charge in [-0.05, 0) is 23.9 Å². The number of benzene rings is 1. The Morgan fingerprint density at radius 2 is 2.22 bits per heavy atom. The minimum absolute atomic E-state index is 0.214. The molecule has 116 valence electrons. The highest BCUT2D eigenvalue weighted by Gasteiger charge is 2.33. The number of amides is 1. The minimum atomic E-state index is -0.367. The van der Waals surface area contributed by atoms with Gasteiger partial charge in [-0.15, -0.1) is 17.9 Å². The van der Waals surface area contributed by atoms with Crippen molar-refractivity contribution in [1.82, 2.24) is 9.88 Å². The van der Waals surface area contributed by atoms with E-state index in [1.165, 1.54) is 34.1 Å². The van der Waals surface area contributed by atoms with Crippen molar-refractivity contribution in [3.63, 3.8) is 0 Å². The van der Waals surface area contributed by atoms with Crippen molar-refractivity contribution in [2.45, 2.75) is 0 Å². The number of nitrogens with zero attached hydrogens (tertiary/aromatic N) is 3. The second-order valence-electron chi connectivity index (χ2n) is 4.55. The van der Waals surface area contributed by atoms with Gasteiger partial charge in [-0.3, -0.25) is 9.69 Å². The molecule has 0 saturated carbocycles. The lowest BCUT2D eigenvalue weighted by atomic mass is 10.2. The molecule has 0 radical (unpaired) electrons. The number of carbonyl (C=O) groups excluding carboxylic acids is 1. The summed E-state index contributed by atoms with van der Waals surface area (Å²) in [6.07, 6.45) is 4.82. The van der Waals surface area contributed by atoms with Gasteiger partial charge in [-0.2, -0.15) is 4.99 Å². The fraction of sp³-hybridized carbons (Fsp3) is 0.0625. The van der Waals surface area contributed by atoms with Crippen molar-refractivity contribution in [3.8, 4) is 0 Å². The number of carbonyl (C=O) groups is 1. The maximum atomic E-state index is 13.8. The first-order chi connectivity index (χ1) is 11.2. The first-order valence-electron chi connectivity index (χ1n) is 6.74. The van der Waals surface area contributed by atoms with Crippen LogP contribution in [0.15, 0.2) is 58.4 Å². The van der Waals surface area contributed by atoms with Gasteiger partial charge >= 0.3 is 0 Å². The van der Waals surface area contributed by atoms with Gasteiger partial charge in [0, 0.05) is 23.7 Å². The van der Waals surface area contributed by atoms with Gasteiger partial charge < -0.3 is 0 Å². The van der Waals surface area contributed by atoms with Crippen LogP contribution in [0.2, 0.25) is 0 Å². The second-order valence-corrected chi connectivity index (χ2v) is 6.43. The van der Waals surface area contributed by atoms with E-state index in [1.807, 2.05) is 5.38 Å². The lowest BCUT2D eigenvalue weighted by molar-refractivity contribution is -0.121. The molecule has 2 heterocycles. The van der Waals surface area contributed by atoms with Gasteiger partial charge in [0.25, 0.3) is 5.91 Å². The van der Waals surface area contributed by atoms with Gasteiger partial charge in [0.05, 0.1) is 4.91 Å². The number of amidine groups is 1. The minimum Gasteiger partial charge on any atom is -0.282 e. The van der Waals surface area contributed by atoms with Crippen LogP contribution in [0.1, 0.15) is 5.56 Å². The van der Waals surface area contributed by atoms with E-state index in [1.54, 1.807) is 36.5 Å². The summed E-state index contributed by atoms with van der Waals surface area (Å²) >= 11 is 2.59. The van der Waals surface area contributed by atoms with Gasteiger partial charge in [-0.1, -0.05) is 24.3 Å². The van der Waals surface area contributed by atoms with E-state index >= 15 is 0 Å². The summed E-state index contributed by atoms with van der Waals surface area (Å²) in [4.78, 5) is 22.9. The van der Waals surface area contributed by atoms with Crippen molar-refractivity contribution in [2.75, 3.05) is 6.54 Å². The predicted octanol–water partition coefficient (Wildman–Crippen LogP) is 4.07. The lowest BCUT2D eigenvalue weighted by Crippen LogP contribution is -2.29. The van der Waals surface area contributed by atoms with Crippen molar-refractivity contribution in [1.29, 1.82) is 0 Å². The van der Waals surface area contributed by atoms with Crippen LogP contribution >= 0.6 is 23.1 Å². The molecule has 1 aromatic heterocycles. The molecule has 3 rings (SSSR count). The molecule has 0 bridgehead atoms. The van der Waals surface area contributed by atoms with E-state index in [0.717, 1.165) is 0 Å². The van der Waals surface area contributed by atoms with Crippen LogP contribution in [-0.2, 0) is 4.79 Å². The van der Waals surface area contributed by atoms with Gasteiger partial charge in [0.2, 0.25) is 5.13 Å². The van der Waals surface area contributed by atoms with E-state index < -0.39 is 0 Å². The second kappa shape index (κ2) is 6.89. The molecular formula is C16H12FN3OS2. The van der Waals surface area contributed by atoms with Gasteiger partial charge in [-0.25, -0.2) is 9.37 Å². The summed E-state index contributed by atoms with van der Waals surface area (Å²) in [6, 6.07) is 6.33. The topological polar surface area (TPSA) is 45.6 Å². The third-order valence-electron chi connectivity index (χ3n) is 3.00. The average Bonchev–Trinajstić information content (AvgIpc) is 3.14. The van der Waals surface area contributed by atoms with E-state index in [0.29, 0.717) is 27.3 Å². The van der Waals surface area contributed by atoms with Crippen LogP contribution in [0.5, 0.6) is 0 Å². The molecule has 4 nitrogen and oxygen atoms in total. The quantitative estimate of drug-likeness (QED) is 0.620. The average molecular weight is 345 g/mol. The zero-order chi connectivity index (χ0) is 16.2. The Kier molecular flexibility index (Phi) is 4.68. The fourth-order valence-corrected chi connectivity index (χ4v) is 3.51. The number of halogens is 1. The van der Waals surface area contributed by atoms with Crippen molar-refractivity contribution in [3.05, 3.63) is 64.8 Å². The van der Waals surface area contributed by atoms with Crippen LogP contribution in [0.25, 0.3) is 6.08 Å². The molecule has 0 unspecified atom stereocenters. The molecule has 1 aliphatic heterocycles. The van der Waals surface area contributed by atoms with E-state index in [9.17, 15) is 9.18 Å². The van der Waals surface area contributed by atoms with E-state index in [-0.39, 0.29) is 11.7 Å². The van der Waals surface area contributed by atoms with Crippen LogP contribution in [0, 0.1) is 5.82 Å². The summed E-state index contributed by atoms with van der Waals surface area (Å²) in [5, 5.41) is 2.91. The monoisotopic (exact) mass is 345 g/mol. The molecule has 1 aliphatic rings. The summed E-state index contributed by atoms with van der Waals surface area (Å²) in [7, 11) is 0. The van der Waals surface area contributed by atoms with Crippen LogP contribution in [0.4, 0.5) is 9.52 Å². The Labute approximate surface area is 141 Å². The number of thioether (sulfide) groups is 1. The molecule has 23 heavy (non-hydrogen) atoms. The molecule has 0 atom stereocenters. The summed E-state index contributed by atoms with van der Waals surface area (Å²) in [5.41, 5.74) is 0.373. The highest BCUT2D eigenvalue weighted by atomic mass is 32.2. The smallest absolute Gasteiger partial charge is 0.267 e. The molecule has 0 N–H and O–H groups in total. The number of aliphatic imine (C=N–C) groups is 1. The normalized spacial score (nSPS) is 18.1. The van der Waals surface area contributed by atoms with Crippen molar-refractivity contribution >= 4 is 45.4 Å². The number of hydrogen-bond donors (Lipinski definition) is 0. The zero-order valence-corrected chi connectivity index (χ0v) is 13.6. The zero-order valence-electron chi connectivity index (χ0n) is 12.0. The highest BCUT2D eigenvalue weighted by Crippen LogP contribution is 2.34. The van der Waals surface area contributed by atoms with Gasteiger partial charge in [0.1, 0.15) is 5.82 Å². The molecular weight excluding hydrogens is 333 g/mol. The maximum absolute atomic E-state index is 13.8. The summed E-state index contributed by atoms with van der Waals surface area (Å²) < 4.78 is 13.8. The van der Waals surface area contributed by atoms with E-state index in [2.05, 4.69) is 16.6 Å². The SMILES string of the molecule is C=CCN1C(=O)/C(=C/c2ccccc2F)S/C1=N/c1nccs1. The fourth-order valence-electron chi connectivity index (χ4n) is 1.97. The van der Waals surface area contributed by atoms with Crippen LogP contribution in [-0.4, -0.2) is 27.5 Å². The lowest BCUT2D eigenvalue weighted by Gasteiger charge is -2.11. The molecule has 0 spiro atoms. The van der Waals surface area contributed by atoms with E-state index in [4.69, 9.17) is 0 Å². The molecule has 2 aromatic rings. The van der Waals surface area contributed by atoms with Crippen molar-refractivity contribution < 1.29 is 9.18 Å². The number of rotatable bonds is 4. The Hall–Kier alpha value is -2.25. The van der Waals surface area contributed by atoms with Crippen LogP contribution < -0.4 is 0 Å². The van der Waals surface area contributed by atoms with Gasteiger partial charge in [0.15, 0.2) is 5.17 Å². The molecule has 1 aromatic carbocycles. The molecule has 1 fully saturated rings. The summed E-state index contributed by atoms with van der Waals surface area (Å²) in [6.45, 7) is 4.00.